The van der Waals surface area contributed by atoms with Crippen LogP contribution in [0.4, 0.5) is 5.82 Å². The maximum absolute atomic E-state index is 5.46. The lowest BCUT2D eigenvalue weighted by Gasteiger charge is -2.05. The molecule has 1 N–H and O–H groups in total. The number of anilines is 1. The summed E-state index contributed by atoms with van der Waals surface area (Å²) in [6.45, 7) is 3.84. The Balaban J connectivity index is 2.10. The molecule has 5 nitrogen and oxygen atoms in total. The van der Waals surface area contributed by atoms with E-state index in [1.807, 2.05) is 45.2 Å². The van der Waals surface area contributed by atoms with Gasteiger partial charge < -0.3 is 9.73 Å². The molecule has 0 aliphatic rings. The summed E-state index contributed by atoms with van der Waals surface area (Å²) in [6, 6.07) is 7.85. The van der Waals surface area contributed by atoms with Gasteiger partial charge in [-0.3, -0.25) is 0 Å². The SMILES string of the molecule is CNc1nnc(-c2ccc3oc(C)nc3c2)cc1C. The Hall–Kier alpha value is -2.43. The Morgan fingerprint density at radius 1 is 1.11 bits per heavy atom. The van der Waals surface area contributed by atoms with Gasteiger partial charge in [-0.15, -0.1) is 10.2 Å². The highest BCUT2D eigenvalue weighted by atomic mass is 16.3. The molecule has 0 saturated heterocycles. The van der Waals surface area contributed by atoms with Crippen molar-refractivity contribution in [1.29, 1.82) is 0 Å². The Kier molecular flexibility index (Phi) is 2.67. The standard InChI is InChI=1S/C14H14N4O/c1-8-6-11(17-18-14(8)15-3)10-4-5-13-12(7-10)16-9(2)19-13/h4-7H,1-3H3,(H,15,18). The van der Waals surface area contributed by atoms with E-state index >= 15 is 0 Å². The monoisotopic (exact) mass is 254 g/mol. The van der Waals surface area contributed by atoms with Crippen LogP contribution in [0.1, 0.15) is 11.5 Å². The fourth-order valence-electron chi connectivity index (χ4n) is 2.08. The van der Waals surface area contributed by atoms with Crippen LogP contribution < -0.4 is 5.32 Å². The highest BCUT2D eigenvalue weighted by Crippen LogP contribution is 2.24. The average molecular weight is 254 g/mol. The number of rotatable bonds is 2. The normalized spacial score (nSPS) is 10.9. The maximum atomic E-state index is 5.46. The number of oxazole rings is 1. The summed E-state index contributed by atoms with van der Waals surface area (Å²) < 4.78 is 5.46. The second kappa shape index (κ2) is 4.35. The van der Waals surface area contributed by atoms with Crippen molar-refractivity contribution in [2.24, 2.45) is 0 Å². The summed E-state index contributed by atoms with van der Waals surface area (Å²) in [5, 5.41) is 11.4. The molecule has 19 heavy (non-hydrogen) atoms. The van der Waals surface area contributed by atoms with Crippen LogP contribution in [0.15, 0.2) is 28.7 Å². The highest BCUT2D eigenvalue weighted by Gasteiger charge is 2.08. The minimum absolute atomic E-state index is 0.667. The van der Waals surface area contributed by atoms with E-state index in [1.54, 1.807) is 0 Å². The first-order valence-corrected chi connectivity index (χ1v) is 6.07. The lowest BCUT2D eigenvalue weighted by atomic mass is 10.1. The van der Waals surface area contributed by atoms with Gasteiger partial charge in [0.2, 0.25) is 0 Å². The van der Waals surface area contributed by atoms with E-state index in [9.17, 15) is 0 Å². The van der Waals surface area contributed by atoms with Crippen molar-refractivity contribution < 1.29 is 4.42 Å². The van der Waals surface area contributed by atoms with Gasteiger partial charge >= 0.3 is 0 Å². The lowest BCUT2D eigenvalue weighted by molar-refractivity contribution is 0.561. The van der Waals surface area contributed by atoms with Crippen molar-refractivity contribution in [2.45, 2.75) is 13.8 Å². The molecular weight excluding hydrogens is 240 g/mol. The van der Waals surface area contributed by atoms with Gasteiger partial charge in [-0.2, -0.15) is 0 Å². The molecule has 2 aromatic heterocycles. The predicted molar refractivity (Wildman–Crippen MR) is 74.1 cm³/mol. The van der Waals surface area contributed by atoms with Crippen LogP contribution in [-0.2, 0) is 0 Å². The smallest absolute Gasteiger partial charge is 0.192 e. The number of nitrogens with one attached hydrogen (secondary N) is 1. The summed E-state index contributed by atoms with van der Waals surface area (Å²) in [6.07, 6.45) is 0. The molecule has 0 spiro atoms. The van der Waals surface area contributed by atoms with Crippen molar-refractivity contribution in [3.8, 4) is 11.3 Å². The minimum Gasteiger partial charge on any atom is -0.441 e. The second-order valence-corrected chi connectivity index (χ2v) is 4.43. The molecule has 3 rings (SSSR count). The number of aromatic nitrogens is 3. The molecule has 5 heteroatoms. The molecule has 1 aromatic carbocycles. The summed E-state index contributed by atoms with van der Waals surface area (Å²) >= 11 is 0. The predicted octanol–water partition coefficient (Wildman–Crippen LogP) is 2.94. The van der Waals surface area contributed by atoms with Crippen LogP contribution >= 0.6 is 0 Å². The fraction of sp³-hybridized carbons (Fsp3) is 0.214. The van der Waals surface area contributed by atoms with Crippen molar-refractivity contribution in [2.75, 3.05) is 12.4 Å². The van der Waals surface area contributed by atoms with Gasteiger partial charge in [0.25, 0.3) is 0 Å². The molecule has 0 saturated carbocycles. The topological polar surface area (TPSA) is 63.8 Å². The van der Waals surface area contributed by atoms with E-state index in [0.29, 0.717) is 5.89 Å². The van der Waals surface area contributed by atoms with Crippen LogP contribution in [0, 0.1) is 13.8 Å². The third kappa shape index (κ3) is 2.03. The van der Waals surface area contributed by atoms with Gasteiger partial charge in [0.15, 0.2) is 17.3 Å². The van der Waals surface area contributed by atoms with E-state index in [2.05, 4.69) is 20.5 Å². The number of hydrogen-bond acceptors (Lipinski definition) is 5. The van der Waals surface area contributed by atoms with Gasteiger partial charge in [0, 0.05) is 19.5 Å². The van der Waals surface area contributed by atoms with Crippen LogP contribution in [-0.4, -0.2) is 22.2 Å². The molecule has 0 unspecified atom stereocenters. The quantitative estimate of drug-likeness (QED) is 0.761. The Bertz CT molecular complexity index is 748. The zero-order valence-corrected chi connectivity index (χ0v) is 11.1. The Morgan fingerprint density at radius 3 is 2.68 bits per heavy atom. The van der Waals surface area contributed by atoms with Crippen molar-refractivity contribution in [3.63, 3.8) is 0 Å². The van der Waals surface area contributed by atoms with Gasteiger partial charge in [-0.1, -0.05) is 0 Å². The molecular formula is C14H14N4O. The molecule has 0 radical (unpaired) electrons. The number of benzene rings is 1. The van der Waals surface area contributed by atoms with E-state index in [1.165, 1.54) is 0 Å². The molecule has 3 aromatic rings. The summed E-state index contributed by atoms with van der Waals surface area (Å²) in [7, 11) is 1.83. The Labute approximate surface area is 110 Å². The van der Waals surface area contributed by atoms with E-state index in [4.69, 9.17) is 4.42 Å². The van der Waals surface area contributed by atoms with Crippen LogP contribution in [0.25, 0.3) is 22.4 Å². The highest BCUT2D eigenvalue weighted by molar-refractivity contribution is 5.79. The molecule has 0 atom stereocenters. The first kappa shape index (κ1) is 11.6. The number of hydrogen-bond donors (Lipinski definition) is 1. The lowest BCUT2D eigenvalue weighted by Crippen LogP contribution is -1.98. The number of aryl methyl sites for hydroxylation is 2. The number of nitrogens with zero attached hydrogens (tertiary/aromatic N) is 3. The third-order valence-electron chi connectivity index (χ3n) is 3.01. The molecule has 0 bridgehead atoms. The third-order valence-corrected chi connectivity index (χ3v) is 3.01. The first-order chi connectivity index (χ1) is 9.17. The molecule has 0 aliphatic heterocycles. The van der Waals surface area contributed by atoms with Gasteiger partial charge in [0.05, 0.1) is 5.69 Å². The van der Waals surface area contributed by atoms with Crippen LogP contribution in [0.3, 0.4) is 0 Å². The largest absolute Gasteiger partial charge is 0.441 e. The van der Waals surface area contributed by atoms with E-state index in [-0.39, 0.29) is 0 Å². The molecule has 96 valence electrons. The van der Waals surface area contributed by atoms with Gasteiger partial charge in [-0.25, -0.2) is 4.98 Å². The van der Waals surface area contributed by atoms with Gasteiger partial charge in [0.1, 0.15) is 5.52 Å². The summed E-state index contributed by atoms with van der Waals surface area (Å²) in [4.78, 5) is 4.33. The Morgan fingerprint density at radius 2 is 1.95 bits per heavy atom. The first-order valence-electron chi connectivity index (χ1n) is 6.07. The van der Waals surface area contributed by atoms with Crippen molar-refractivity contribution in [1.82, 2.24) is 15.2 Å². The second-order valence-electron chi connectivity index (χ2n) is 4.43. The molecule has 0 aliphatic carbocycles. The molecule has 0 fully saturated rings. The van der Waals surface area contributed by atoms with Crippen LogP contribution in [0.5, 0.6) is 0 Å². The zero-order valence-electron chi connectivity index (χ0n) is 11.1. The summed E-state index contributed by atoms with van der Waals surface area (Å²) in [5.41, 5.74) is 4.51. The maximum Gasteiger partial charge on any atom is 0.192 e. The van der Waals surface area contributed by atoms with Gasteiger partial charge in [-0.05, 0) is 36.8 Å². The minimum atomic E-state index is 0.667. The van der Waals surface area contributed by atoms with Crippen molar-refractivity contribution in [3.05, 3.63) is 35.7 Å². The van der Waals surface area contributed by atoms with E-state index < -0.39 is 0 Å². The molecule has 0 amide bonds. The van der Waals surface area contributed by atoms with Crippen molar-refractivity contribution >= 4 is 16.9 Å². The molecule has 2 heterocycles. The fourth-order valence-corrected chi connectivity index (χ4v) is 2.08. The summed E-state index contributed by atoms with van der Waals surface area (Å²) in [5.74, 6) is 1.46. The van der Waals surface area contributed by atoms with Crippen LogP contribution in [0.2, 0.25) is 0 Å². The van der Waals surface area contributed by atoms with E-state index in [0.717, 1.165) is 33.7 Å². The zero-order chi connectivity index (χ0) is 13.4. The average Bonchev–Trinajstić information content (AvgIpc) is 2.77. The number of fused-ring (bicyclic) bond motifs is 1.